The van der Waals surface area contributed by atoms with Crippen LogP contribution in [0.4, 0.5) is 0 Å². The highest BCUT2D eigenvalue weighted by Gasteiger charge is 2.05. The minimum Gasteiger partial charge on any atom is -0.490 e. The van der Waals surface area contributed by atoms with Crippen molar-refractivity contribution in [1.29, 1.82) is 0 Å². The molecule has 0 N–H and O–H groups in total. The average Bonchev–Trinajstić information content (AvgIpc) is 2.75. The molecule has 0 radical (unpaired) electrons. The van der Waals surface area contributed by atoms with E-state index in [0.29, 0.717) is 43.3 Å². The third kappa shape index (κ3) is 12.0. The minimum atomic E-state index is -0.339. The molecule has 0 atom stereocenters. The molecule has 0 saturated heterocycles. The molecule has 5 nitrogen and oxygen atoms in total. The first-order valence-corrected chi connectivity index (χ1v) is 11.4. The second-order valence-electron chi connectivity index (χ2n) is 7.50. The van der Waals surface area contributed by atoms with Gasteiger partial charge in [-0.05, 0) is 63.0 Å². The van der Waals surface area contributed by atoms with Crippen molar-refractivity contribution in [1.82, 2.24) is 0 Å². The highest BCUT2D eigenvalue weighted by atomic mass is 16.5. The molecule has 0 aliphatic carbocycles. The van der Waals surface area contributed by atoms with Crippen molar-refractivity contribution >= 4 is 17.8 Å². The number of hydrogen-bond donors (Lipinski definition) is 0. The molecule has 0 aromatic heterocycles. The Labute approximate surface area is 187 Å². The van der Waals surface area contributed by atoms with E-state index < -0.39 is 0 Å². The Hall–Kier alpha value is -2.56. The van der Waals surface area contributed by atoms with Gasteiger partial charge >= 0.3 is 5.97 Å². The van der Waals surface area contributed by atoms with Crippen LogP contribution in [0, 0.1) is 0 Å². The van der Waals surface area contributed by atoms with Crippen LogP contribution in [0.3, 0.4) is 0 Å². The van der Waals surface area contributed by atoms with Gasteiger partial charge in [0.05, 0.1) is 19.8 Å². The average molecular weight is 431 g/mol. The fourth-order valence-electron chi connectivity index (χ4n) is 3.04. The van der Waals surface area contributed by atoms with E-state index in [9.17, 15) is 9.59 Å². The molecule has 0 spiro atoms. The van der Waals surface area contributed by atoms with Gasteiger partial charge in [0.2, 0.25) is 0 Å². The van der Waals surface area contributed by atoms with Gasteiger partial charge in [0.15, 0.2) is 17.3 Å². The SMILES string of the molecule is C=C(C)C(=O)CCCCCCCCCOC(=O)/C=C/c1ccc(OCC)c(OCC)c1. The van der Waals surface area contributed by atoms with Crippen molar-refractivity contribution < 1.29 is 23.8 Å². The van der Waals surface area contributed by atoms with Gasteiger partial charge in [0.1, 0.15) is 0 Å². The molecular weight excluding hydrogens is 392 g/mol. The lowest BCUT2D eigenvalue weighted by Gasteiger charge is -2.11. The molecule has 172 valence electrons. The number of ketones is 1. The van der Waals surface area contributed by atoms with Gasteiger partial charge in [-0.1, -0.05) is 44.7 Å². The van der Waals surface area contributed by atoms with E-state index >= 15 is 0 Å². The van der Waals surface area contributed by atoms with Gasteiger partial charge in [-0.15, -0.1) is 0 Å². The van der Waals surface area contributed by atoms with Crippen molar-refractivity contribution in [3.63, 3.8) is 0 Å². The van der Waals surface area contributed by atoms with Gasteiger partial charge in [0.25, 0.3) is 0 Å². The zero-order valence-corrected chi connectivity index (χ0v) is 19.4. The predicted octanol–water partition coefficient (Wildman–Crippen LogP) is 6.31. The van der Waals surface area contributed by atoms with Crippen molar-refractivity contribution in [2.75, 3.05) is 19.8 Å². The quantitative estimate of drug-likeness (QED) is 0.165. The van der Waals surface area contributed by atoms with Crippen LogP contribution >= 0.6 is 0 Å². The molecule has 1 aromatic rings. The van der Waals surface area contributed by atoms with E-state index in [1.54, 1.807) is 13.0 Å². The largest absolute Gasteiger partial charge is 0.490 e. The Morgan fingerprint density at radius 2 is 1.52 bits per heavy atom. The summed E-state index contributed by atoms with van der Waals surface area (Å²) < 4.78 is 16.4. The topological polar surface area (TPSA) is 61.8 Å². The van der Waals surface area contributed by atoms with Gasteiger partial charge < -0.3 is 14.2 Å². The van der Waals surface area contributed by atoms with Gasteiger partial charge in [-0.3, -0.25) is 4.79 Å². The Morgan fingerprint density at radius 1 is 0.903 bits per heavy atom. The third-order valence-electron chi connectivity index (χ3n) is 4.75. The molecular formula is C26H38O5. The molecule has 0 amide bonds. The van der Waals surface area contributed by atoms with Gasteiger partial charge in [-0.25, -0.2) is 4.79 Å². The van der Waals surface area contributed by atoms with Crippen molar-refractivity contribution in [2.45, 2.75) is 72.1 Å². The lowest BCUT2D eigenvalue weighted by atomic mass is 10.0. The number of ether oxygens (including phenoxy) is 3. The molecule has 0 heterocycles. The Kier molecular flexibility index (Phi) is 13.8. The van der Waals surface area contributed by atoms with Crippen molar-refractivity contribution in [2.24, 2.45) is 0 Å². The maximum absolute atomic E-state index is 11.9. The number of allylic oxidation sites excluding steroid dienone is 1. The molecule has 1 aromatic carbocycles. The Balaban J connectivity index is 2.18. The summed E-state index contributed by atoms with van der Waals surface area (Å²) in [5.41, 5.74) is 1.51. The molecule has 0 fully saturated rings. The highest BCUT2D eigenvalue weighted by Crippen LogP contribution is 2.29. The molecule has 0 unspecified atom stereocenters. The van der Waals surface area contributed by atoms with Crippen LogP contribution in [0.1, 0.15) is 77.7 Å². The van der Waals surface area contributed by atoms with Crippen LogP contribution in [-0.2, 0) is 14.3 Å². The van der Waals surface area contributed by atoms with Crippen LogP contribution in [0.25, 0.3) is 6.08 Å². The maximum Gasteiger partial charge on any atom is 0.330 e. The standard InChI is InChI=1S/C26H38O5/c1-5-29-24-17-15-22(20-25(24)30-6-2)16-18-26(28)31-19-13-11-9-7-8-10-12-14-23(27)21(3)4/h15-18,20H,3,5-14,19H2,1-2,4H3/b18-16+. The van der Waals surface area contributed by atoms with E-state index in [1.807, 2.05) is 32.0 Å². The van der Waals surface area contributed by atoms with Crippen molar-refractivity contribution in [3.05, 3.63) is 42.0 Å². The zero-order chi connectivity index (χ0) is 22.9. The van der Waals surface area contributed by atoms with Gasteiger partial charge in [0, 0.05) is 12.5 Å². The zero-order valence-electron chi connectivity index (χ0n) is 19.4. The summed E-state index contributed by atoms with van der Waals surface area (Å²) >= 11 is 0. The number of rotatable bonds is 17. The first-order chi connectivity index (χ1) is 15.0. The summed E-state index contributed by atoms with van der Waals surface area (Å²) in [5.74, 6) is 1.20. The van der Waals surface area contributed by atoms with E-state index in [-0.39, 0.29) is 11.8 Å². The van der Waals surface area contributed by atoms with E-state index in [1.165, 1.54) is 6.08 Å². The monoisotopic (exact) mass is 430 g/mol. The first-order valence-electron chi connectivity index (χ1n) is 11.4. The number of unbranched alkanes of at least 4 members (excludes halogenated alkanes) is 6. The van der Waals surface area contributed by atoms with Crippen molar-refractivity contribution in [3.8, 4) is 11.5 Å². The van der Waals surface area contributed by atoms with Gasteiger partial charge in [-0.2, -0.15) is 0 Å². The predicted molar refractivity (Wildman–Crippen MR) is 126 cm³/mol. The third-order valence-corrected chi connectivity index (χ3v) is 4.75. The van der Waals surface area contributed by atoms with E-state index in [0.717, 1.165) is 50.5 Å². The molecule has 0 bridgehead atoms. The number of hydrogen-bond acceptors (Lipinski definition) is 5. The minimum absolute atomic E-state index is 0.174. The molecule has 31 heavy (non-hydrogen) atoms. The lowest BCUT2D eigenvalue weighted by Crippen LogP contribution is -2.02. The summed E-state index contributed by atoms with van der Waals surface area (Å²) in [5, 5.41) is 0. The smallest absolute Gasteiger partial charge is 0.330 e. The first kappa shape index (κ1) is 26.5. The van der Waals surface area contributed by atoms with Crippen LogP contribution < -0.4 is 9.47 Å². The number of esters is 1. The van der Waals surface area contributed by atoms with Crippen LogP contribution in [0.2, 0.25) is 0 Å². The van der Waals surface area contributed by atoms with E-state index in [4.69, 9.17) is 14.2 Å². The summed E-state index contributed by atoms with van der Waals surface area (Å²) in [6.07, 6.45) is 11.1. The summed E-state index contributed by atoms with van der Waals surface area (Å²) in [7, 11) is 0. The molecule has 1 rings (SSSR count). The molecule has 0 aliphatic heterocycles. The Morgan fingerprint density at radius 3 is 2.16 bits per heavy atom. The van der Waals surface area contributed by atoms with Crippen LogP contribution in [-0.4, -0.2) is 31.6 Å². The number of carbonyl (C=O) groups excluding carboxylic acids is 2. The normalized spacial score (nSPS) is 10.8. The lowest BCUT2D eigenvalue weighted by molar-refractivity contribution is -0.137. The van der Waals surface area contributed by atoms with E-state index in [2.05, 4.69) is 6.58 Å². The number of benzene rings is 1. The summed E-state index contributed by atoms with van der Waals surface area (Å²) in [6, 6.07) is 5.58. The molecule has 0 saturated carbocycles. The second-order valence-corrected chi connectivity index (χ2v) is 7.50. The number of Topliss-reactive ketones (excluding diaryl/α,β-unsaturated/α-hetero) is 1. The summed E-state index contributed by atoms with van der Waals surface area (Å²) in [6.45, 7) is 10.8. The maximum atomic E-state index is 11.9. The molecule has 0 aliphatic rings. The summed E-state index contributed by atoms with van der Waals surface area (Å²) in [4.78, 5) is 23.4. The van der Waals surface area contributed by atoms with Crippen LogP contribution in [0.5, 0.6) is 11.5 Å². The number of carbonyl (C=O) groups is 2. The highest BCUT2D eigenvalue weighted by molar-refractivity contribution is 5.94. The fourth-order valence-corrected chi connectivity index (χ4v) is 3.04. The second kappa shape index (κ2) is 16.2. The van der Waals surface area contributed by atoms with Crippen LogP contribution in [0.15, 0.2) is 36.4 Å². The Bertz CT molecular complexity index is 721. The fraction of sp³-hybridized carbons (Fsp3) is 0.538. The molecule has 5 heteroatoms.